The zero-order chi connectivity index (χ0) is 38.5. The second-order valence-electron chi connectivity index (χ2n) is 15.2. The minimum absolute atomic E-state index is 0. The van der Waals surface area contributed by atoms with Crippen molar-refractivity contribution < 1.29 is 17.1 Å². The maximum Gasteiger partial charge on any atom is 1.00 e. The van der Waals surface area contributed by atoms with Gasteiger partial charge in [0.05, 0.1) is 15.8 Å². The average molecular weight is 845 g/mol. The third-order valence-electron chi connectivity index (χ3n) is 12.0. The summed E-state index contributed by atoms with van der Waals surface area (Å²) in [5.74, 6) is 1.46. The van der Waals surface area contributed by atoms with Gasteiger partial charge in [0.25, 0.3) is 0 Å². The largest absolute Gasteiger partial charge is 1.00 e. The van der Waals surface area contributed by atoms with Gasteiger partial charge in [-0.1, -0.05) is 148 Å². The molecule has 2 saturated heterocycles. The van der Waals surface area contributed by atoms with Gasteiger partial charge < -0.3 is 9.19 Å². The summed E-state index contributed by atoms with van der Waals surface area (Å²) in [7, 11) is -1.75. The van der Waals surface area contributed by atoms with E-state index in [0.29, 0.717) is 0 Å². The number of nitrogens with zero attached hydrogens (tertiary/aromatic N) is 4. The first kappa shape index (κ1) is 41.3. The molecule has 10 rings (SSSR count). The molecule has 6 aromatic carbocycles. The van der Waals surface area contributed by atoms with Crippen LogP contribution in [0.2, 0.25) is 11.6 Å². The van der Waals surface area contributed by atoms with E-state index in [4.69, 9.17) is 0 Å². The summed E-state index contributed by atoms with van der Waals surface area (Å²) in [5.41, 5.74) is 0. The van der Waals surface area contributed by atoms with Crippen LogP contribution in [0.4, 0.5) is 0 Å². The molecule has 0 radical (unpaired) electrons. The Morgan fingerprint density at radius 2 is 0.603 bits per heavy atom. The molecule has 0 saturated carbocycles. The second kappa shape index (κ2) is 20.7. The Hall–Kier alpha value is -4.82. The number of benzene rings is 6. The van der Waals surface area contributed by atoms with Gasteiger partial charge in [-0.25, -0.2) is 10.2 Å². The van der Waals surface area contributed by atoms with Crippen LogP contribution >= 0.6 is 15.8 Å². The van der Waals surface area contributed by atoms with Crippen molar-refractivity contribution in [2.75, 3.05) is 0 Å². The third kappa shape index (κ3) is 9.39. The van der Waals surface area contributed by atoms with Crippen molar-refractivity contribution in [1.29, 1.82) is 0 Å². The van der Waals surface area contributed by atoms with E-state index in [0.717, 1.165) is 11.6 Å². The molecular formula is C50H52BCuN4P2+2. The van der Waals surface area contributed by atoms with Crippen LogP contribution in [-0.4, -0.2) is 25.8 Å². The molecule has 58 heavy (non-hydrogen) atoms. The molecule has 0 N–H and O–H groups in total. The monoisotopic (exact) mass is 844 g/mol. The van der Waals surface area contributed by atoms with Gasteiger partial charge in [0.15, 0.2) is 0 Å². The molecule has 0 aliphatic carbocycles. The first-order valence-electron chi connectivity index (χ1n) is 20.5. The first-order valence-corrected chi connectivity index (χ1v) is 23.5. The fourth-order valence-corrected chi connectivity index (χ4v) is 14.8. The molecule has 4 heterocycles. The second-order valence-corrected chi connectivity index (χ2v) is 20.2. The Labute approximate surface area is 357 Å². The molecule has 2 bridgehead atoms. The number of hydrogen-bond donors (Lipinski definition) is 0. The summed E-state index contributed by atoms with van der Waals surface area (Å²) in [6, 6.07) is 69.1. The SMILES string of the molecule is [Cu+].c1ccc([PH+](c2ccccc2)c2ccccc2)cc1.c1ccc([PH+](c2ccccc2)c2ccccc2)cc1.c1cnn([B-]2(n3cccn3)C3CCCC2CCC3)c1. The molecular weight excluding hydrogens is 793 g/mol. The van der Waals surface area contributed by atoms with Crippen LogP contribution in [0.3, 0.4) is 0 Å². The zero-order valence-electron chi connectivity index (χ0n) is 32.8. The zero-order valence-corrected chi connectivity index (χ0v) is 35.8. The van der Waals surface area contributed by atoms with Crippen LogP contribution in [-0.2, 0) is 17.1 Å². The molecule has 2 aliphatic heterocycles. The third-order valence-corrected chi connectivity index (χ3v) is 17.4. The van der Waals surface area contributed by atoms with Gasteiger partial charge >= 0.3 is 17.1 Å². The van der Waals surface area contributed by atoms with E-state index in [2.05, 4.69) is 226 Å². The fraction of sp³-hybridized carbons (Fsp3) is 0.160. The van der Waals surface area contributed by atoms with Crippen molar-refractivity contribution in [3.63, 3.8) is 0 Å². The van der Waals surface area contributed by atoms with Crippen LogP contribution in [0.5, 0.6) is 0 Å². The Balaban J connectivity index is 0.000000131. The molecule has 294 valence electrons. The van der Waals surface area contributed by atoms with Crippen LogP contribution in [0.15, 0.2) is 219 Å². The molecule has 0 spiro atoms. The average Bonchev–Trinajstić information content (AvgIpc) is 4.04. The summed E-state index contributed by atoms with van der Waals surface area (Å²) in [6.07, 6.45) is 15.3. The van der Waals surface area contributed by atoms with Crippen LogP contribution < -0.4 is 31.8 Å². The van der Waals surface area contributed by atoms with Gasteiger partial charge in [-0.15, -0.1) is 11.6 Å². The van der Waals surface area contributed by atoms with Crippen molar-refractivity contribution >= 4 is 54.1 Å². The van der Waals surface area contributed by atoms with E-state index in [1.54, 1.807) is 0 Å². The molecule has 0 atom stereocenters. The van der Waals surface area contributed by atoms with Crippen molar-refractivity contribution in [2.45, 2.75) is 50.2 Å². The normalized spacial score (nSPS) is 16.5. The van der Waals surface area contributed by atoms with Crippen LogP contribution in [0, 0.1) is 0 Å². The van der Waals surface area contributed by atoms with Crippen molar-refractivity contribution in [1.82, 2.24) is 19.4 Å². The van der Waals surface area contributed by atoms with Gasteiger partial charge in [-0.3, -0.25) is 0 Å². The maximum atomic E-state index is 4.63. The van der Waals surface area contributed by atoms with E-state index in [1.807, 2.05) is 12.4 Å². The van der Waals surface area contributed by atoms with Gasteiger partial charge in [0.2, 0.25) is 6.42 Å². The molecule has 0 amide bonds. The Bertz CT molecular complexity index is 1950. The Kier molecular flexibility index (Phi) is 14.8. The number of hydrogen-bond acceptors (Lipinski definition) is 2. The topological polar surface area (TPSA) is 35.6 Å². The quantitative estimate of drug-likeness (QED) is 0.113. The molecule has 2 aliphatic rings. The predicted octanol–water partition coefficient (Wildman–Crippen LogP) is 9.38. The van der Waals surface area contributed by atoms with Crippen LogP contribution in [0.1, 0.15) is 38.5 Å². The van der Waals surface area contributed by atoms with E-state index in [-0.39, 0.29) is 17.1 Å². The number of fused-ring (bicyclic) bond motifs is 2. The Morgan fingerprint density at radius 1 is 0.362 bits per heavy atom. The summed E-state index contributed by atoms with van der Waals surface area (Å²) in [5, 5.41) is 17.9. The molecule has 4 nitrogen and oxygen atoms in total. The molecule has 2 fully saturated rings. The van der Waals surface area contributed by atoms with E-state index < -0.39 is 22.3 Å². The maximum absolute atomic E-state index is 4.63. The number of rotatable bonds is 8. The standard InChI is InChI=1S/2C18H15P.C14H20BN4.Cu/c2*1-4-10-16(11-5-1)19(17-12-6-2-7-13-17)18-14-8-3-9-15-18;1-5-13-7-2-8-14(6-1)15(13,18-11-3-9-16-18)19-12-4-10-17-19;/h2*1-15H;3-4,9-14H,1-2,5-8H2;/q;;-1;+1/p+2. The van der Waals surface area contributed by atoms with Crippen molar-refractivity contribution in [3.05, 3.63) is 219 Å². The Morgan fingerprint density at radius 3 is 0.810 bits per heavy atom. The number of aromatic nitrogens is 4. The predicted molar refractivity (Wildman–Crippen MR) is 249 cm³/mol. The van der Waals surface area contributed by atoms with Crippen molar-refractivity contribution in [3.8, 4) is 0 Å². The van der Waals surface area contributed by atoms with Gasteiger partial charge in [-0.05, 0) is 97.3 Å². The van der Waals surface area contributed by atoms with E-state index >= 15 is 0 Å². The summed E-state index contributed by atoms with van der Waals surface area (Å²) in [6.45, 7) is 0. The smallest absolute Gasteiger partial charge is 0.422 e. The van der Waals surface area contributed by atoms with Gasteiger partial charge in [0.1, 0.15) is 31.8 Å². The first-order chi connectivity index (χ1) is 28.3. The van der Waals surface area contributed by atoms with Gasteiger partial charge in [0, 0.05) is 12.4 Å². The van der Waals surface area contributed by atoms with Gasteiger partial charge in [-0.2, -0.15) is 0 Å². The van der Waals surface area contributed by atoms with Crippen molar-refractivity contribution in [2.24, 2.45) is 0 Å². The molecule has 8 aromatic rings. The molecule has 8 heteroatoms. The minimum atomic E-state index is -0.877. The summed E-state index contributed by atoms with van der Waals surface area (Å²) >= 11 is 0. The minimum Gasteiger partial charge on any atom is -0.422 e. The molecule has 0 unspecified atom stereocenters. The summed E-state index contributed by atoms with van der Waals surface area (Å²) in [4.78, 5) is 0. The van der Waals surface area contributed by atoms with Crippen LogP contribution in [0.25, 0.3) is 0 Å². The van der Waals surface area contributed by atoms with E-state index in [9.17, 15) is 0 Å². The van der Waals surface area contributed by atoms with E-state index in [1.165, 1.54) is 70.4 Å². The fourth-order valence-electron chi connectivity index (χ4n) is 9.60. The molecule has 2 aromatic heterocycles. The summed E-state index contributed by atoms with van der Waals surface area (Å²) < 4.78 is 4.50.